The summed E-state index contributed by atoms with van der Waals surface area (Å²) in [5.41, 5.74) is 1.05. The van der Waals surface area contributed by atoms with Crippen molar-refractivity contribution in [3.8, 4) is 0 Å². The van der Waals surface area contributed by atoms with Crippen LogP contribution in [0.4, 0.5) is 5.69 Å². The van der Waals surface area contributed by atoms with Crippen molar-refractivity contribution in [3.05, 3.63) is 28.7 Å². The van der Waals surface area contributed by atoms with Crippen LogP contribution in [-0.4, -0.2) is 24.3 Å². The summed E-state index contributed by atoms with van der Waals surface area (Å²) < 4.78 is 6.72. The van der Waals surface area contributed by atoms with E-state index in [0.717, 1.165) is 11.6 Å². The first-order chi connectivity index (χ1) is 9.20. The van der Waals surface area contributed by atoms with Gasteiger partial charge in [0.1, 0.15) is 0 Å². The van der Waals surface area contributed by atoms with E-state index < -0.39 is 0 Å². The topological polar surface area (TPSA) is 43.3 Å². The lowest BCUT2D eigenvalue weighted by molar-refractivity contribution is 0.186. The predicted octanol–water partition coefficient (Wildman–Crippen LogP) is 2.49. The molecule has 1 aromatic rings. The van der Waals surface area contributed by atoms with Gasteiger partial charge < -0.3 is 14.6 Å². The first-order valence-electron chi connectivity index (χ1n) is 7.16. The fourth-order valence-electron chi connectivity index (χ4n) is 2.82. The monoisotopic (exact) mass is 264 g/mol. The molecular formula is C15H24N2O2. The van der Waals surface area contributed by atoms with Crippen LogP contribution in [0.5, 0.6) is 0 Å². The van der Waals surface area contributed by atoms with E-state index >= 15 is 0 Å². The van der Waals surface area contributed by atoms with E-state index in [0.29, 0.717) is 19.2 Å². The maximum Gasteiger partial charge on any atom is 0.250 e. The molecule has 4 heteroatoms. The molecule has 0 bridgehead atoms. The second-order valence-electron chi connectivity index (χ2n) is 5.42. The molecule has 106 valence electrons. The minimum absolute atomic E-state index is 0.0242. The Kier molecular flexibility index (Phi) is 5.02. The second kappa shape index (κ2) is 6.75. The summed E-state index contributed by atoms with van der Waals surface area (Å²) in [4.78, 5) is 11.7. The average Bonchev–Trinajstić information content (AvgIpc) is 2.93. The molecule has 2 rings (SSSR count). The Bertz CT molecular complexity index is 450. The highest BCUT2D eigenvalue weighted by Gasteiger charge is 2.21. The third kappa shape index (κ3) is 3.83. The summed E-state index contributed by atoms with van der Waals surface area (Å²) >= 11 is 0. The smallest absolute Gasteiger partial charge is 0.250 e. The molecule has 0 aliphatic heterocycles. The summed E-state index contributed by atoms with van der Waals surface area (Å²) in [7, 11) is 1.65. The number of rotatable bonds is 6. The van der Waals surface area contributed by atoms with Gasteiger partial charge in [0.05, 0.1) is 12.3 Å². The Morgan fingerprint density at radius 2 is 2.16 bits per heavy atom. The van der Waals surface area contributed by atoms with Crippen molar-refractivity contribution in [2.45, 2.75) is 45.2 Å². The predicted molar refractivity (Wildman–Crippen MR) is 77.6 cm³/mol. The van der Waals surface area contributed by atoms with E-state index in [1.165, 1.54) is 25.7 Å². The summed E-state index contributed by atoms with van der Waals surface area (Å²) in [5, 5.41) is 3.53. The standard InChI is InChI=1S/C15H24N2O2/c1-12(13-5-3-4-6-13)16-14-7-8-15(18)17(11-14)9-10-19-2/h7-8,11-13,16H,3-6,9-10H2,1-2H3. The van der Waals surface area contributed by atoms with E-state index in [2.05, 4.69) is 12.2 Å². The molecule has 1 saturated carbocycles. The quantitative estimate of drug-likeness (QED) is 0.858. The van der Waals surface area contributed by atoms with Gasteiger partial charge in [-0.3, -0.25) is 4.79 Å². The average molecular weight is 264 g/mol. The molecule has 1 fully saturated rings. The number of hydrogen-bond acceptors (Lipinski definition) is 3. The molecule has 0 amide bonds. The normalized spacial score (nSPS) is 17.6. The minimum atomic E-state index is 0.0242. The zero-order valence-corrected chi connectivity index (χ0v) is 11.9. The van der Waals surface area contributed by atoms with Crippen molar-refractivity contribution in [2.24, 2.45) is 5.92 Å². The number of nitrogens with one attached hydrogen (secondary N) is 1. The van der Waals surface area contributed by atoms with Crippen molar-refractivity contribution >= 4 is 5.69 Å². The summed E-state index contributed by atoms with van der Waals surface area (Å²) in [6, 6.07) is 3.96. The van der Waals surface area contributed by atoms with Crippen LogP contribution in [0.3, 0.4) is 0 Å². The molecule has 1 aromatic heterocycles. The number of ether oxygens (including phenoxy) is 1. The van der Waals surface area contributed by atoms with E-state index in [9.17, 15) is 4.79 Å². The molecule has 1 N–H and O–H groups in total. The van der Waals surface area contributed by atoms with Gasteiger partial charge in [-0.1, -0.05) is 12.8 Å². The van der Waals surface area contributed by atoms with E-state index in [1.807, 2.05) is 12.3 Å². The Balaban J connectivity index is 2.01. The molecule has 0 saturated heterocycles. The molecule has 1 aliphatic rings. The molecule has 1 heterocycles. The number of aromatic nitrogens is 1. The number of methoxy groups -OCH3 is 1. The Hall–Kier alpha value is -1.29. The van der Waals surface area contributed by atoms with Crippen molar-refractivity contribution < 1.29 is 4.74 Å². The van der Waals surface area contributed by atoms with Gasteiger partial charge in [-0.15, -0.1) is 0 Å². The van der Waals surface area contributed by atoms with E-state index in [4.69, 9.17) is 4.74 Å². The number of anilines is 1. The van der Waals surface area contributed by atoms with Crippen LogP contribution in [0.1, 0.15) is 32.6 Å². The Morgan fingerprint density at radius 3 is 2.84 bits per heavy atom. The lowest BCUT2D eigenvalue weighted by Gasteiger charge is -2.22. The van der Waals surface area contributed by atoms with Crippen LogP contribution in [0.15, 0.2) is 23.1 Å². The molecule has 0 spiro atoms. The van der Waals surface area contributed by atoms with Gasteiger partial charge in [0, 0.05) is 32.0 Å². The van der Waals surface area contributed by atoms with Crippen LogP contribution in [0, 0.1) is 5.92 Å². The van der Waals surface area contributed by atoms with Crippen molar-refractivity contribution in [2.75, 3.05) is 19.0 Å². The van der Waals surface area contributed by atoms with Gasteiger partial charge in [-0.25, -0.2) is 0 Å². The summed E-state index contributed by atoms with van der Waals surface area (Å²) in [6.45, 7) is 3.39. The van der Waals surface area contributed by atoms with E-state index in [-0.39, 0.29) is 5.56 Å². The van der Waals surface area contributed by atoms with Gasteiger partial charge in [0.25, 0.3) is 5.56 Å². The molecule has 0 aromatic carbocycles. The van der Waals surface area contributed by atoms with Crippen molar-refractivity contribution in [3.63, 3.8) is 0 Å². The van der Waals surface area contributed by atoms with Crippen LogP contribution in [0.2, 0.25) is 0 Å². The van der Waals surface area contributed by atoms with Crippen LogP contribution in [0.25, 0.3) is 0 Å². The molecule has 1 aliphatic carbocycles. The van der Waals surface area contributed by atoms with E-state index in [1.54, 1.807) is 17.7 Å². The summed E-state index contributed by atoms with van der Waals surface area (Å²) in [6.07, 6.45) is 7.23. The third-order valence-electron chi connectivity index (χ3n) is 4.02. The Labute approximate surface area is 114 Å². The maximum absolute atomic E-state index is 11.7. The lowest BCUT2D eigenvalue weighted by Crippen LogP contribution is -2.26. The second-order valence-corrected chi connectivity index (χ2v) is 5.42. The van der Waals surface area contributed by atoms with Gasteiger partial charge in [0.15, 0.2) is 0 Å². The van der Waals surface area contributed by atoms with Gasteiger partial charge in [-0.2, -0.15) is 0 Å². The van der Waals surface area contributed by atoms with Gasteiger partial charge >= 0.3 is 0 Å². The highest BCUT2D eigenvalue weighted by Crippen LogP contribution is 2.28. The van der Waals surface area contributed by atoms with Crippen LogP contribution >= 0.6 is 0 Å². The molecule has 19 heavy (non-hydrogen) atoms. The molecule has 1 atom stereocenters. The first kappa shape index (κ1) is 14.1. The fourth-order valence-corrected chi connectivity index (χ4v) is 2.82. The number of nitrogens with zero attached hydrogens (tertiary/aromatic N) is 1. The fraction of sp³-hybridized carbons (Fsp3) is 0.667. The minimum Gasteiger partial charge on any atom is -0.383 e. The number of pyridine rings is 1. The van der Waals surface area contributed by atoms with Crippen LogP contribution in [-0.2, 0) is 11.3 Å². The zero-order chi connectivity index (χ0) is 13.7. The first-order valence-corrected chi connectivity index (χ1v) is 7.16. The zero-order valence-electron chi connectivity index (χ0n) is 11.9. The molecule has 1 unspecified atom stereocenters. The third-order valence-corrected chi connectivity index (χ3v) is 4.02. The molecular weight excluding hydrogens is 240 g/mol. The van der Waals surface area contributed by atoms with Crippen molar-refractivity contribution in [1.29, 1.82) is 0 Å². The number of hydrogen-bond donors (Lipinski definition) is 1. The van der Waals surface area contributed by atoms with Gasteiger partial charge in [-0.05, 0) is 31.7 Å². The maximum atomic E-state index is 11.7. The van der Waals surface area contributed by atoms with Crippen molar-refractivity contribution in [1.82, 2.24) is 4.57 Å². The Morgan fingerprint density at radius 1 is 1.42 bits per heavy atom. The SMILES string of the molecule is COCCn1cc(NC(C)C2CCCC2)ccc1=O. The molecule has 4 nitrogen and oxygen atoms in total. The molecule has 0 radical (unpaired) electrons. The highest BCUT2D eigenvalue weighted by molar-refractivity contribution is 5.41. The summed E-state index contributed by atoms with van der Waals surface area (Å²) in [5.74, 6) is 0.763. The van der Waals surface area contributed by atoms with Crippen LogP contribution < -0.4 is 10.9 Å². The largest absolute Gasteiger partial charge is 0.383 e. The van der Waals surface area contributed by atoms with Gasteiger partial charge in [0.2, 0.25) is 0 Å². The highest BCUT2D eigenvalue weighted by atomic mass is 16.5. The lowest BCUT2D eigenvalue weighted by atomic mass is 10.00.